The summed E-state index contributed by atoms with van der Waals surface area (Å²) in [6.07, 6.45) is 2.67. The van der Waals surface area contributed by atoms with Gasteiger partial charge in [-0.2, -0.15) is 8.42 Å². The van der Waals surface area contributed by atoms with E-state index in [1.54, 1.807) is 0 Å². The molecule has 0 radical (unpaired) electrons. The first-order valence-electron chi connectivity index (χ1n) is 4.27. The van der Waals surface area contributed by atoms with Crippen molar-refractivity contribution in [3.05, 3.63) is 0 Å². The van der Waals surface area contributed by atoms with Crippen LogP contribution in [0.3, 0.4) is 0 Å². The molecule has 0 aliphatic heterocycles. The van der Waals surface area contributed by atoms with Crippen molar-refractivity contribution in [2.45, 2.75) is 27.2 Å². The van der Waals surface area contributed by atoms with Crippen molar-refractivity contribution in [3.63, 3.8) is 0 Å². The Morgan fingerprint density at radius 1 is 1.17 bits per heavy atom. The third-order valence-corrected chi connectivity index (χ3v) is 11.9. The molecule has 0 amide bonds. The van der Waals surface area contributed by atoms with Gasteiger partial charge in [0.05, 0.1) is 18.5 Å². The van der Waals surface area contributed by atoms with Crippen LogP contribution in [0.2, 0.25) is 0 Å². The van der Waals surface area contributed by atoms with E-state index in [9.17, 15) is 8.42 Å². The van der Waals surface area contributed by atoms with Crippen LogP contribution in [0.5, 0.6) is 0 Å². The minimum atomic E-state index is -3.78. The van der Waals surface area contributed by atoms with Gasteiger partial charge in [-0.25, -0.2) is 0 Å². The number of hydrogen-bond donors (Lipinski definition) is 1. The quantitative estimate of drug-likeness (QED) is 0.563. The average molecular weight is 213 g/mol. The van der Waals surface area contributed by atoms with E-state index in [-0.39, 0.29) is 0 Å². The lowest BCUT2D eigenvalue weighted by Crippen LogP contribution is -2.14. The van der Waals surface area contributed by atoms with Gasteiger partial charge < -0.3 is 0 Å². The highest BCUT2D eigenvalue weighted by Gasteiger charge is 2.46. The van der Waals surface area contributed by atoms with Crippen molar-refractivity contribution in [3.8, 4) is 0 Å². The first-order chi connectivity index (χ1) is 5.43. The molecule has 0 aliphatic rings. The predicted octanol–water partition coefficient (Wildman–Crippen LogP) is 2.26. The first-order valence-corrected chi connectivity index (χ1v) is 8.66. The summed E-state index contributed by atoms with van der Waals surface area (Å²) < 4.78 is 31.3. The van der Waals surface area contributed by atoms with E-state index in [0.717, 1.165) is 6.42 Å². The van der Waals surface area contributed by atoms with Gasteiger partial charge in [0.25, 0.3) is 0 Å². The van der Waals surface area contributed by atoms with Crippen molar-refractivity contribution < 1.29 is 13.0 Å². The van der Waals surface area contributed by atoms with Crippen LogP contribution >= 0.6 is 6.46 Å². The number of hydrogen-bond acceptors (Lipinski definition) is 2. The second kappa shape index (κ2) is 4.54. The van der Waals surface area contributed by atoms with Gasteiger partial charge in [-0.15, -0.1) is 0 Å². The average Bonchev–Trinajstić information content (AvgIpc) is 1.98. The fraction of sp³-hybridized carbons (Fsp3) is 1.00. The molecule has 0 aliphatic carbocycles. The van der Waals surface area contributed by atoms with Crippen molar-refractivity contribution in [1.82, 2.24) is 0 Å². The van der Waals surface area contributed by atoms with Crippen LogP contribution in [-0.4, -0.2) is 31.5 Å². The molecule has 0 unspecified atom stereocenters. The highest BCUT2D eigenvalue weighted by Crippen LogP contribution is 2.63. The van der Waals surface area contributed by atoms with Gasteiger partial charge in [0.2, 0.25) is 0 Å². The van der Waals surface area contributed by atoms with E-state index in [4.69, 9.17) is 4.55 Å². The van der Waals surface area contributed by atoms with E-state index >= 15 is 0 Å². The molecule has 0 spiro atoms. The Morgan fingerprint density at radius 3 is 1.67 bits per heavy atom. The molecule has 0 saturated heterocycles. The van der Waals surface area contributed by atoms with Gasteiger partial charge in [0, 0.05) is 0 Å². The summed E-state index contributed by atoms with van der Waals surface area (Å²) in [5, 5.41) is 0. The highest BCUT2D eigenvalue weighted by atomic mass is 32.8. The van der Waals surface area contributed by atoms with E-state index in [1.165, 1.54) is 0 Å². The van der Waals surface area contributed by atoms with Gasteiger partial charge in [0.1, 0.15) is 0 Å². The summed E-state index contributed by atoms with van der Waals surface area (Å²) in [5.41, 5.74) is 0. The topological polar surface area (TPSA) is 54.4 Å². The van der Waals surface area contributed by atoms with E-state index in [2.05, 4.69) is 0 Å². The van der Waals surface area contributed by atoms with Crippen molar-refractivity contribution in [2.24, 2.45) is 0 Å². The summed E-state index contributed by atoms with van der Waals surface area (Å²) in [4.78, 5) is 0. The Morgan fingerprint density at radius 2 is 1.58 bits per heavy atom. The second-order valence-electron chi connectivity index (χ2n) is 2.86. The molecule has 0 heterocycles. The Hall–Kier alpha value is 0.340. The van der Waals surface area contributed by atoms with Gasteiger partial charge in [0.15, 0.2) is 6.46 Å². The molecule has 12 heavy (non-hydrogen) atoms. The van der Waals surface area contributed by atoms with Crippen LogP contribution in [0.25, 0.3) is 0 Å². The normalized spacial score (nSPS) is 13.3. The summed E-state index contributed by atoms with van der Waals surface area (Å²) in [6.45, 7) is 3.53. The molecule has 0 atom stereocenters. The lowest BCUT2D eigenvalue weighted by atomic mass is 10.6. The zero-order chi connectivity index (χ0) is 9.83. The maximum Gasteiger partial charge on any atom is 0.380 e. The monoisotopic (exact) mass is 213 g/mol. The second-order valence-corrected chi connectivity index (χ2v) is 11.3. The summed E-state index contributed by atoms with van der Waals surface area (Å²) in [6, 6.07) is 0. The Bertz CT molecular complexity index is 219. The van der Waals surface area contributed by atoms with Gasteiger partial charge in [-0.05, 0) is 20.3 Å². The van der Waals surface area contributed by atoms with Crippen molar-refractivity contribution in [1.29, 1.82) is 0 Å². The van der Waals surface area contributed by atoms with Crippen LogP contribution in [0.15, 0.2) is 0 Å². The third kappa shape index (κ3) is 2.41. The molecule has 0 saturated carbocycles. The molecule has 3 nitrogen and oxygen atoms in total. The van der Waals surface area contributed by atoms with Gasteiger partial charge in [-0.1, -0.05) is 6.92 Å². The van der Waals surface area contributed by atoms with Gasteiger partial charge in [-0.3, -0.25) is 4.55 Å². The first kappa shape index (κ1) is 12.3. The third-order valence-electron chi connectivity index (χ3n) is 2.27. The highest BCUT2D eigenvalue weighted by molar-refractivity contribution is 8.54. The van der Waals surface area contributed by atoms with Crippen LogP contribution in [0.1, 0.15) is 27.2 Å². The van der Waals surface area contributed by atoms with Crippen LogP contribution in [0, 0.1) is 0 Å². The van der Waals surface area contributed by atoms with E-state index in [1.807, 2.05) is 20.8 Å². The predicted molar refractivity (Wildman–Crippen MR) is 54.7 cm³/mol. The standard InChI is InChI=1S/C7H17O3PS/c1-4-7-11(5-2,6-3)12(8,9)10/h4-7H2,1-3H3/p+1. The fourth-order valence-electron chi connectivity index (χ4n) is 1.39. The SMILES string of the molecule is CCC[P+](CC)(CC)S(=O)(=O)O. The van der Waals surface area contributed by atoms with Crippen LogP contribution < -0.4 is 0 Å². The lowest BCUT2D eigenvalue weighted by molar-refractivity contribution is 0.500. The molecular weight excluding hydrogens is 195 g/mol. The zero-order valence-electron chi connectivity index (χ0n) is 7.95. The summed E-state index contributed by atoms with van der Waals surface area (Å²) >= 11 is 0. The van der Waals surface area contributed by atoms with E-state index < -0.39 is 16.2 Å². The van der Waals surface area contributed by atoms with E-state index in [0.29, 0.717) is 18.5 Å². The Labute approximate surface area is 75.4 Å². The Balaban J connectivity index is 4.83. The smallest absolute Gasteiger partial charge is 0.257 e. The van der Waals surface area contributed by atoms with Crippen molar-refractivity contribution in [2.75, 3.05) is 18.5 Å². The molecule has 0 rings (SSSR count). The molecular formula is C7H18O3PS+. The van der Waals surface area contributed by atoms with Crippen molar-refractivity contribution >= 4 is 16.2 Å². The fourth-order valence-corrected chi connectivity index (χ4v) is 7.36. The molecule has 1 N–H and O–H groups in total. The number of rotatable bonds is 5. The maximum atomic E-state index is 11.1. The molecule has 0 bridgehead atoms. The molecule has 5 heteroatoms. The van der Waals surface area contributed by atoms with Crippen LogP contribution in [0.4, 0.5) is 0 Å². The lowest BCUT2D eigenvalue weighted by Gasteiger charge is -2.19. The molecule has 74 valence electrons. The largest absolute Gasteiger partial charge is 0.380 e. The molecule has 0 aromatic heterocycles. The molecule has 0 fully saturated rings. The summed E-state index contributed by atoms with van der Waals surface area (Å²) in [7, 11) is -3.78. The maximum absolute atomic E-state index is 11.1. The van der Waals surface area contributed by atoms with Gasteiger partial charge >= 0.3 is 9.74 Å². The minimum Gasteiger partial charge on any atom is -0.257 e. The molecule has 0 aromatic carbocycles. The molecule has 0 aromatic rings. The van der Waals surface area contributed by atoms with Crippen LogP contribution in [-0.2, 0) is 9.74 Å². The Kier molecular flexibility index (Phi) is 4.67. The summed E-state index contributed by atoms with van der Waals surface area (Å²) in [5.74, 6) is 0. The minimum absolute atomic E-state index is 0.593. The zero-order valence-corrected chi connectivity index (χ0v) is 9.66.